The van der Waals surface area contributed by atoms with E-state index in [0.29, 0.717) is 0 Å². The molecule has 0 aliphatic rings. The van der Waals surface area contributed by atoms with Crippen LogP contribution < -0.4 is 4.74 Å². The second-order valence-electron chi connectivity index (χ2n) is 4.33. The van der Waals surface area contributed by atoms with E-state index in [-0.39, 0.29) is 30.2 Å². The topological polar surface area (TPSA) is 118 Å². The zero-order valence-electron chi connectivity index (χ0n) is 12.3. The summed E-state index contributed by atoms with van der Waals surface area (Å²) in [4.78, 5) is 36.7. The smallest absolute Gasteiger partial charge is 0.458 e. The fraction of sp³-hybridized carbons (Fsp3) is 0.133. The molecule has 24 heavy (non-hydrogen) atoms. The lowest BCUT2D eigenvalue weighted by atomic mass is 10.3. The largest absolute Gasteiger partial charge is 0.513 e. The van der Waals surface area contributed by atoms with E-state index in [1.54, 1.807) is 12.1 Å². The number of nitrogens with zero attached hydrogens (tertiary/aromatic N) is 2. The number of hydrogen-bond acceptors (Lipinski definition) is 8. The average molecular weight is 332 g/mol. The van der Waals surface area contributed by atoms with Crippen LogP contribution in [0, 0.1) is 10.1 Å². The Labute approximate surface area is 135 Å². The van der Waals surface area contributed by atoms with Gasteiger partial charge in [0, 0.05) is 24.5 Å². The molecule has 2 rings (SSSR count). The quantitative estimate of drug-likeness (QED) is 0.260. The number of carbonyl (C=O) groups excluding carboxylic acids is 2. The standard InChI is InChI=1S/C15H12N2O7/c18-14(11-2-1-7-16-10-11)22-8-9-23-15(19)24-13-5-3-12(4-6-13)17(20)21/h1-7,10H,8-9H2. The maximum Gasteiger partial charge on any atom is 0.513 e. The number of non-ortho nitro benzene ring substituents is 1. The molecule has 0 saturated heterocycles. The van der Waals surface area contributed by atoms with Gasteiger partial charge in [0.05, 0.1) is 10.5 Å². The molecule has 0 unspecified atom stereocenters. The van der Waals surface area contributed by atoms with Crippen LogP contribution in [0.15, 0.2) is 48.8 Å². The van der Waals surface area contributed by atoms with Crippen molar-refractivity contribution in [2.45, 2.75) is 0 Å². The monoisotopic (exact) mass is 332 g/mol. The highest BCUT2D eigenvalue weighted by Crippen LogP contribution is 2.17. The van der Waals surface area contributed by atoms with Crippen molar-refractivity contribution < 1.29 is 28.7 Å². The van der Waals surface area contributed by atoms with Gasteiger partial charge in [-0.1, -0.05) is 0 Å². The Balaban J connectivity index is 1.70. The van der Waals surface area contributed by atoms with Gasteiger partial charge in [-0.3, -0.25) is 15.1 Å². The molecular weight excluding hydrogens is 320 g/mol. The molecule has 0 radical (unpaired) electrons. The van der Waals surface area contributed by atoms with Crippen molar-refractivity contribution in [3.63, 3.8) is 0 Å². The van der Waals surface area contributed by atoms with Gasteiger partial charge in [0.15, 0.2) is 0 Å². The van der Waals surface area contributed by atoms with E-state index in [0.717, 1.165) is 0 Å². The van der Waals surface area contributed by atoms with E-state index in [1.807, 2.05) is 0 Å². The van der Waals surface area contributed by atoms with Crippen molar-refractivity contribution in [3.05, 3.63) is 64.5 Å². The minimum absolute atomic E-state index is 0.0953. The fourth-order valence-corrected chi connectivity index (χ4v) is 1.59. The number of nitro benzene ring substituents is 1. The van der Waals surface area contributed by atoms with Crippen LogP contribution in [0.25, 0.3) is 0 Å². The molecule has 0 amide bonds. The van der Waals surface area contributed by atoms with Crippen LogP contribution in [0.4, 0.5) is 10.5 Å². The zero-order valence-corrected chi connectivity index (χ0v) is 12.3. The Morgan fingerprint density at radius 2 is 1.79 bits per heavy atom. The molecule has 1 aromatic carbocycles. The minimum Gasteiger partial charge on any atom is -0.458 e. The van der Waals surface area contributed by atoms with Gasteiger partial charge in [0.1, 0.15) is 19.0 Å². The molecule has 1 aromatic heterocycles. The SMILES string of the molecule is O=C(OCCOC(=O)c1cccnc1)Oc1ccc([N+](=O)[O-])cc1. The number of rotatable bonds is 6. The minimum atomic E-state index is -1.01. The van der Waals surface area contributed by atoms with E-state index in [2.05, 4.69) is 4.98 Å². The van der Waals surface area contributed by atoms with Crippen LogP contribution in [0.2, 0.25) is 0 Å². The van der Waals surface area contributed by atoms with Gasteiger partial charge in [-0.15, -0.1) is 0 Å². The van der Waals surface area contributed by atoms with Crippen molar-refractivity contribution >= 4 is 17.8 Å². The lowest BCUT2D eigenvalue weighted by molar-refractivity contribution is -0.384. The van der Waals surface area contributed by atoms with Gasteiger partial charge in [0.25, 0.3) is 5.69 Å². The van der Waals surface area contributed by atoms with E-state index in [1.165, 1.54) is 36.7 Å². The predicted molar refractivity (Wildman–Crippen MR) is 79.6 cm³/mol. The third-order valence-electron chi connectivity index (χ3n) is 2.68. The van der Waals surface area contributed by atoms with Crippen molar-refractivity contribution in [2.24, 2.45) is 0 Å². The van der Waals surface area contributed by atoms with Crippen molar-refractivity contribution in [1.82, 2.24) is 4.98 Å². The molecule has 0 saturated carbocycles. The molecule has 0 fully saturated rings. The van der Waals surface area contributed by atoms with Crippen LogP contribution in [-0.2, 0) is 9.47 Å². The summed E-state index contributed by atoms with van der Waals surface area (Å²) in [6.07, 6.45) is 1.86. The van der Waals surface area contributed by atoms with Crippen LogP contribution in [0.5, 0.6) is 5.75 Å². The Hall–Kier alpha value is -3.49. The Kier molecular flexibility index (Phi) is 5.78. The fourth-order valence-electron chi connectivity index (χ4n) is 1.59. The van der Waals surface area contributed by atoms with Gasteiger partial charge in [-0.2, -0.15) is 0 Å². The number of benzene rings is 1. The van der Waals surface area contributed by atoms with Gasteiger partial charge < -0.3 is 14.2 Å². The molecule has 124 valence electrons. The summed E-state index contributed by atoms with van der Waals surface area (Å²) in [5, 5.41) is 10.5. The molecule has 9 heteroatoms. The second kappa shape index (κ2) is 8.22. The van der Waals surface area contributed by atoms with Crippen molar-refractivity contribution in [3.8, 4) is 5.75 Å². The number of hydrogen-bond donors (Lipinski definition) is 0. The molecule has 0 N–H and O–H groups in total. The zero-order chi connectivity index (χ0) is 17.4. The Morgan fingerprint density at radius 3 is 2.42 bits per heavy atom. The third kappa shape index (κ3) is 5.05. The summed E-state index contributed by atoms with van der Waals surface area (Å²) < 4.78 is 14.4. The first-order valence-electron chi connectivity index (χ1n) is 6.72. The maximum absolute atomic E-state index is 11.6. The van der Waals surface area contributed by atoms with Crippen molar-refractivity contribution in [1.29, 1.82) is 0 Å². The first kappa shape index (κ1) is 16.9. The van der Waals surface area contributed by atoms with E-state index < -0.39 is 17.0 Å². The maximum atomic E-state index is 11.6. The van der Waals surface area contributed by atoms with Gasteiger partial charge in [-0.25, -0.2) is 9.59 Å². The Bertz CT molecular complexity index is 716. The summed E-state index contributed by atoms with van der Waals surface area (Å²) in [6.45, 7) is -0.346. The summed E-state index contributed by atoms with van der Waals surface area (Å²) in [6, 6.07) is 8.05. The number of ether oxygens (including phenoxy) is 3. The van der Waals surface area contributed by atoms with Crippen molar-refractivity contribution in [2.75, 3.05) is 13.2 Å². The summed E-state index contributed by atoms with van der Waals surface area (Å²) in [5.74, 6) is -0.492. The van der Waals surface area contributed by atoms with Crippen LogP contribution in [0.3, 0.4) is 0 Å². The third-order valence-corrected chi connectivity index (χ3v) is 2.68. The highest BCUT2D eigenvalue weighted by atomic mass is 16.7. The number of aromatic nitrogens is 1. The molecule has 0 bridgehead atoms. The number of carbonyl (C=O) groups is 2. The molecule has 0 spiro atoms. The van der Waals surface area contributed by atoms with Gasteiger partial charge >= 0.3 is 12.1 Å². The molecular formula is C15H12N2O7. The number of esters is 1. The molecule has 9 nitrogen and oxygen atoms in total. The number of pyridine rings is 1. The van der Waals surface area contributed by atoms with Crippen LogP contribution in [0.1, 0.15) is 10.4 Å². The number of nitro groups is 1. The predicted octanol–water partition coefficient (Wildman–Crippen LogP) is 2.36. The summed E-state index contributed by atoms with van der Waals surface area (Å²) in [5.41, 5.74) is 0.156. The normalized spacial score (nSPS) is 9.83. The molecule has 0 atom stereocenters. The summed E-state index contributed by atoms with van der Waals surface area (Å²) in [7, 11) is 0. The lowest BCUT2D eigenvalue weighted by Crippen LogP contribution is -2.16. The van der Waals surface area contributed by atoms with Gasteiger partial charge in [0.2, 0.25) is 0 Å². The average Bonchev–Trinajstić information content (AvgIpc) is 2.59. The van der Waals surface area contributed by atoms with Crippen LogP contribution in [-0.4, -0.2) is 35.2 Å². The summed E-state index contributed by atoms with van der Waals surface area (Å²) >= 11 is 0. The Morgan fingerprint density at radius 1 is 1.08 bits per heavy atom. The molecule has 0 aliphatic heterocycles. The molecule has 2 aromatic rings. The van der Waals surface area contributed by atoms with E-state index in [4.69, 9.17) is 14.2 Å². The first-order valence-corrected chi connectivity index (χ1v) is 6.72. The van der Waals surface area contributed by atoms with Gasteiger partial charge in [-0.05, 0) is 24.3 Å². The highest BCUT2D eigenvalue weighted by Gasteiger charge is 2.10. The van der Waals surface area contributed by atoms with Crippen LogP contribution >= 0.6 is 0 Å². The van der Waals surface area contributed by atoms with E-state index in [9.17, 15) is 19.7 Å². The second-order valence-corrected chi connectivity index (χ2v) is 4.33. The highest BCUT2D eigenvalue weighted by molar-refractivity contribution is 5.88. The molecule has 1 heterocycles. The lowest BCUT2D eigenvalue weighted by Gasteiger charge is -2.06. The van der Waals surface area contributed by atoms with E-state index >= 15 is 0 Å². The first-order chi connectivity index (χ1) is 11.6. The molecule has 0 aliphatic carbocycles.